The highest BCUT2D eigenvalue weighted by atomic mass is 79.9. The van der Waals surface area contributed by atoms with Gasteiger partial charge in [0.25, 0.3) is 5.56 Å². The minimum atomic E-state index is -0.365. The maximum absolute atomic E-state index is 13.5. The van der Waals surface area contributed by atoms with E-state index in [1.165, 1.54) is 18.0 Å². The normalized spacial score (nSPS) is 11.5. The smallest absolute Gasteiger partial charge is 0.282 e. The van der Waals surface area contributed by atoms with Gasteiger partial charge in [-0.05, 0) is 58.4 Å². The molecule has 5 aromatic rings. The van der Waals surface area contributed by atoms with Gasteiger partial charge in [0.2, 0.25) is 5.82 Å². The molecule has 5 rings (SSSR count). The SMILES string of the molecule is C=CCOc1c(OC)cc(C=Nn2c(-c3cc4cc(Cl)ccc4o3)nc3ccccc3c2=O)c(Br)c1Cl. The van der Waals surface area contributed by atoms with Gasteiger partial charge in [0.05, 0.1) is 24.2 Å². The number of halogens is 3. The van der Waals surface area contributed by atoms with Crippen LogP contribution < -0.4 is 15.0 Å². The fraction of sp³-hybridized carbons (Fsp3) is 0.0741. The van der Waals surface area contributed by atoms with E-state index in [0.717, 1.165) is 5.39 Å². The molecule has 0 N–H and O–H groups in total. The molecule has 0 aliphatic rings. The zero-order chi connectivity index (χ0) is 26.1. The van der Waals surface area contributed by atoms with Gasteiger partial charge in [-0.3, -0.25) is 4.79 Å². The molecule has 0 atom stereocenters. The highest BCUT2D eigenvalue weighted by Crippen LogP contribution is 2.42. The Morgan fingerprint density at radius 1 is 1.19 bits per heavy atom. The van der Waals surface area contributed by atoms with Gasteiger partial charge in [-0.15, -0.1) is 0 Å². The Balaban J connectivity index is 1.69. The second-order valence-corrected chi connectivity index (χ2v) is 9.44. The molecular formula is C27H18BrCl2N3O4. The molecule has 0 spiro atoms. The van der Waals surface area contributed by atoms with E-state index < -0.39 is 0 Å². The number of hydrogen-bond acceptors (Lipinski definition) is 6. The Morgan fingerprint density at radius 3 is 2.78 bits per heavy atom. The van der Waals surface area contributed by atoms with Crippen molar-refractivity contribution in [1.82, 2.24) is 9.66 Å². The zero-order valence-electron chi connectivity index (χ0n) is 19.4. The van der Waals surface area contributed by atoms with E-state index in [4.69, 9.17) is 37.1 Å². The van der Waals surface area contributed by atoms with Gasteiger partial charge in [-0.25, -0.2) is 4.98 Å². The van der Waals surface area contributed by atoms with E-state index in [1.54, 1.807) is 54.6 Å². The average Bonchev–Trinajstić information content (AvgIpc) is 3.32. The van der Waals surface area contributed by atoms with Crippen molar-refractivity contribution in [2.75, 3.05) is 13.7 Å². The predicted octanol–water partition coefficient (Wildman–Crippen LogP) is 7.33. The first-order valence-electron chi connectivity index (χ1n) is 11.0. The van der Waals surface area contributed by atoms with Gasteiger partial charge in [0.1, 0.15) is 17.2 Å². The van der Waals surface area contributed by atoms with Crippen LogP contribution in [0.15, 0.2) is 86.0 Å². The van der Waals surface area contributed by atoms with Gasteiger partial charge >= 0.3 is 0 Å². The molecule has 37 heavy (non-hydrogen) atoms. The fourth-order valence-electron chi connectivity index (χ4n) is 3.76. The lowest BCUT2D eigenvalue weighted by atomic mass is 10.2. The van der Waals surface area contributed by atoms with Gasteiger partial charge in [-0.2, -0.15) is 9.78 Å². The topological polar surface area (TPSA) is 78.8 Å². The van der Waals surface area contributed by atoms with Crippen molar-refractivity contribution < 1.29 is 13.9 Å². The molecule has 0 bridgehead atoms. The molecule has 0 unspecified atom stereocenters. The summed E-state index contributed by atoms with van der Waals surface area (Å²) in [6, 6.07) is 15.8. The second kappa shape index (κ2) is 10.4. The number of fused-ring (bicyclic) bond motifs is 2. The molecular weight excluding hydrogens is 581 g/mol. The number of aromatic nitrogens is 2. The lowest BCUT2D eigenvalue weighted by Crippen LogP contribution is -2.20. The molecule has 0 fully saturated rings. The van der Waals surface area contributed by atoms with Crippen LogP contribution in [0.1, 0.15) is 5.56 Å². The van der Waals surface area contributed by atoms with Crippen molar-refractivity contribution in [2.24, 2.45) is 5.10 Å². The third kappa shape index (κ3) is 4.75. The Morgan fingerprint density at radius 2 is 2.00 bits per heavy atom. The lowest BCUT2D eigenvalue weighted by molar-refractivity contribution is 0.326. The van der Waals surface area contributed by atoms with Crippen molar-refractivity contribution in [3.63, 3.8) is 0 Å². The number of rotatable bonds is 7. The maximum Gasteiger partial charge on any atom is 0.282 e. The minimum absolute atomic E-state index is 0.229. The third-order valence-corrected chi connectivity index (χ3v) is 7.16. The van der Waals surface area contributed by atoms with Crippen molar-refractivity contribution in [1.29, 1.82) is 0 Å². The molecule has 7 nitrogen and oxygen atoms in total. The van der Waals surface area contributed by atoms with Gasteiger partial charge in [-0.1, -0.05) is 48.0 Å². The van der Waals surface area contributed by atoms with Crippen LogP contribution >= 0.6 is 39.1 Å². The Bertz CT molecular complexity index is 1760. The van der Waals surface area contributed by atoms with Crippen LogP contribution in [-0.2, 0) is 0 Å². The molecule has 0 saturated heterocycles. The second-order valence-electron chi connectivity index (χ2n) is 7.83. The zero-order valence-corrected chi connectivity index (χ0v) is 22.5. The van der Waals surface area contributed by atoms with E-state index >= 15 is 0 Å². The van der Waals surface area contributed by atoms with Crippen molar-refractivity contribution >= 4 is 67.2 Å². The molecule has 0 aliphatic heterocycles. The van der Waals surface area contributed by atoms with Crippen molar-refractivity contribution in [2.45, 2.75) is 0 Å². The van der Waals surface area contributed by atoms with Crippen LogP contribution in [0.3, 0.4) is 0 Å². The molecule has 186 valence electrons. The minimum Gasteiger partial charge on any atom is -0.493 e. The summed E-state index contributed by atoms with van der Waals surface area (Å²) in [6.45, 7) is 3.90. The number of methoxy groups -OCH3 is 1. The summed E-state index contributed by atoms with van der Waals surface area (Å²) >= 11 is 16.2. The summed E-state index contributed by atoms with van der Waals surface area (Å²) in [5.74, 6) is 1.35. The number of furan rings is 1. The van der Waals surface area contributed by atoms with Crippen molar-refractivity contribution in [3.05, 3.63) is 97.7 Å². The van der Waals surface area contributed by atoms with Crippen LogP contribution in [0.5, 0.6) is 11.5 Å². The number of para-hydroxylation sites is 1. The lowest BCUT2D eigenvalue weighted by Gasteiger charge is -2.14. The van der Waals surface area contributed by atoms with Gasteiger partial charge in [0, 0.05) is 20.4 Å². The van der Waals surface area contributed by atoms with Gasteiger partial charge in [0.15, 0.2) is 17.3 Å². The molecule has 0 amide bonds. The summed E-state index contributed by atoms with van der Waals surface area (Å²) in [5.41, 5.74) is 1.31. The molecule has 2 heterocycles. The summed E-state index contributed by atoms with van der Waals surface area (Å²) in [4.78, 5) is 18.2. The van der Waals surface area contributed by atoms with Crippen LogP contribution in [0.2, 0.25) is 10.0 Å². The van der Waals surface area contributed by atoms with E-state index in [2.05, 4.69) is 32.6 Å². The third-order valence-electron chi connectivity index (χ3n) is 5.49. The van der Waals surface area contributed by atoms with Gasteiger partial charge < -0.3 is 13.9 Å². The van der Waals surface area contributed by atoms with Crippen LogP contribution in [-0.4, -0.2) is 29.6 Å². The number of nitrogens with zero attached hydrogens (tertiary/aromatic N) is 3. The molecule has 10 heteroatoms. The fourth-order valence-corrected chi connectivity index (χ4v) is 4.60. The molecule has 0 radical (unpaired) electrons. The molecule has 0 saturated carbocycles. The first kappa shape index (κ1) is 25.1. The standard InChI is InChI=1S/C27H18BrCl2N3O4/c1-3-10-36-25-21(35-2)13-16(23(28)24(25)30)14-31-33-26(32-19-7-5-4-6-18(19)27(33)34)22-12-15-11-17(29)8-9-20(15)37-22/h3-9,11-14H,1,10H2,2H3. The monoisotopic (exact) mass is 597 g/mol. The number of benzene rings is 3. The first-order chi connectivity index (χ1) is 17.9. The molecule has 3 aromatic carbocycles. The first-order valence-corrected chi connectivity index (χ1v) is 12.5. The molecule has 0 aliphatic carbocycles. The van der Waals surface area contributed by atoms with E-state index in [0.29, 0.717) is 53.8 Å². The average molecular weight is 599 g/mol. The largest absolute Gasteiger partial charge is 0.493 e. The number of ether oxygens (including phenoxy) is 2. The van der Waals surface area contributed by atoms with Crippen LogP contribution in [0.4, 0.5) is 0 Å². The highest BCUT2D eigenvalue weighted by Gasteiger charge is 2.19. The van der Waals surface area contributed by atoms with E-state index in [9.17, 15) is 4.79 Å². The Hall–Kier alpha value is -3.59. The molecule has 2 aromatic heterocycles. The Labute approximate surface area is 229 Å². The van der Waals surface area contributed by atoms with Crippen molar-refractivity contribution in [3.8, 4) is 23.1 Å². The maximum atomic E-state index is 13.5. The summed E-state index contributed by atoms with van der Waals surface area (Å²) in [7, 11) is 1.50. The Kier molecular flexibility index (Phi) is 7.06. The highest BCUT2D eigenvalue weighted by molar-refractivity contribution is 9.10. The predicted molar refractivity (Wildman–Crippen MR) is 151 cm³/mol. The summed E-state index contributed by atoms with van der Waals surface area (Å²) in [6.07, 6.45) is 3.09. The van der Waals surface area contributed by atoms with Crippen LogP contribution in [0, 0.1) is 0 Å². The van der Waals surface area contributed by atoms with Crippen LogP contribution in [0.25, 0.3) is 33.5 Å². The van der Waals surface area contributed by atoms with E-state index in [-0.39, 0.29) is 18.0 Å². The van der Waals surface area contributed by atoms with E-state index in [1.807, 2.05) is 6.07 Å². The number of hydrogen-bond donors (Lipinski definition) is 0. The summed E-state index contributed by atoms with van der Waals surface area (Å²) in [5, 5.41) is 6.53. The quantitative estimate of drug-likeness (QED) is 0.145. The summed E-state index contributed by atoms with van der Waals surface area (Å²) < 4.78 is 18.8.